The summed E-state index contributed by atoms with van der Waals surface area (Å²) in [5.41, 5.74) is 1.86. The van der Waals surface area contributed by atoms with Gasteiger partial charge in [-0.2, -0.15) is 0 Å². The van der Waals surface area contributed by atoms with E-state index >= 15 is 0 Å². The van der Waals surface area contributed by atoms with Gasteiger partial charge < -0.3 is 10.4 Å². The van der Waals surface area contributed by atoms with Crippen LogP contribution in [0.2, 0.25) is 0 Å². The largest absolute Gasteiger partial charge is 0.478 e. The van der Waals surface area contributed by atoms with Gasteiger partial charge in [0.15, 0.2) is 0 Å². The maximum atomic E-state index is 13.2. The standard InChI is InChI=1S/C12H9FN2O3S/c1-6-10(19-5-14-6)11(16)15-7-2-3-9(13)8(4-7)12(17)18/h2-5H,1H3,(H,15,16)(H,17,18). The van der Waals surface area contributed by atoms with Crippen LogP contribution < -0.4 is 5.32 Å². The Morgan fingerprint density at radius 3 is 2.74 bits per heavy atom. The molecule has 0 aliphatic heterocycles. The lowest BCUT2D eigenvalue weighted by Crippen LogP contribution is -2.12. The summed E-state index contributed by atoms with van der Waals surface area (Å²) in [6.45, 7) is 1.69. The van der Waals surface area contributed by atoms with E-state index in [1.165, 1.54) is 22.9 Å². The molecule has 1 aromatic heterocycles. The first-order valence-corrected chi connectivity index (χ1v) is 6.11. The van der Waals surface area contributed by atoms with Crippen LogP contribution in [0.5, 0.6) is 0 Å². The number of anilines is 1. The third-order valence-electron chi connectivity index (χ3n) is 2.41. The van der Waals surface area contributed by atoms with Gasteiger partial charge in [-0.3, -0.25) is 4.79 Å². The van der Waals surface area contributed by atoms with Crippen molar-refractivity contribution in [1.82, 2.24) is 4.98 Å². The Morgan fingerprint density at radius 2 is 2.16 bits per heavy atom. The van der Waals surface area contributed by atoms with Crippen LogP contribution in [0.15, 0.2) is 23.7 Å². The molecule has 98 valence electrons. The van der Waals surface area contributed by atoms with Crippen molar-refractivity contribution in [2.75, 3.05) is 5.32 Å². The van der Waals surface area contributed by atoms with E-state index in [-0.39, 0.29) is 5.69 Å². The van der Waals surface area contributed by atoms with Gasteiger partial charge in [-0.25, -0.2) is 14.2 Å². The van der Waals surface area contributed by atoms with Gasteiger partial charge in [0, 0.05) is 5.69 Å². The second-order valence-corrected chi connectivity index (χ2v) is 4.58. The number of thiazole rings is 1. The minimum atomic E-state index is -1.39. The summed E-state index contributed by atoms with van der Waals surface area (Å²) in [7, 11) is 0. The van der Waals surface area contributed by atoms with Crippen LogP contribution in [0.1, 0.15) is 25.7 Å². The van der Waals surface area contributed by atoms with Gasteiger partial charge in [0.1, 0.15) is 10.7 Å². The second-order valence-electron chi connectivity index (χ2n) is 3.72. The SMILES string of the molecule is Cc1ncsc1C(=O)Nc1ccc(F)c(C(=O)O)c1. The molecule has 0 aliphatic carbocycles. The van der Waals surface area contributed by atoms with Crippen LogP contribution in [0.25, 0.3) is 0 Å². The minimum absolute atomic E-state index is 0.219. The lowest BCUT2D eigenvalue weighted by Gasteiger charge is -2.05. The number of carboxylic acid groups (broad SMARTS) is 1. The van der Waals surface area contributed by atoms with E-state index in [1.807, 2.05) is 0 Å². The average molecular weight is 280 g/mol. The summed E-state index contributed by atoms with van der Waals surface area (Å²) < 4.78 is 13.2. The number of carbonyl (C=O) groups excluding carboxylic acids is 1. The highest BCUT2D eigenvalue weighted by atomic mass is 32.1. The van der Waals surface area contributed by atoms with Gasteiger partial charge in [-0.15, -0.1) is 11.3 Å². The van der Waals surface area contributed by atoms with E-state index in [1.54, 1.807) is 6.92 Å². The van der Waals surface area contributed by atoms with E-state index in [2.05, 4.69) is 10.3 Å². The Hall–Kier alpha value is -2.28. The van der Waals surface area contributed by atoms with Crippen molar-refractivity contribution in [1.29, 1.82) is 0 Å². The van der Waals surface area contributed by atoms with E-state index < -0.39 is 23.3 Å². The van der Waals surface area contributed by atoms with E-state index in [4.69, 9.17) is 5.11 Å². The van der Waals surface area contributed by atoms with Crippen molar-refractivity contribution in [2.24, 2.45) is 0 Å². The maximum Gasteiger partial charge on any atom is 0.338 e. The smallest absolute Gasteiger partial charge is 0.338 e. The fraction of sp³-hybridized carbons (Fsp3) is 0.0833. The van der Waals surface area contributed by atoms with Crippen LogP contribution in [0.4, 0.5) is 10.1 Å². The number of aryl methyl sites for hydroxylation is 1. The van der Waals surface area contributed by atoms with Crippen molar-refractivity contribution in [3.05, 3.63) is 45.7 Å². The van der Waals surface area contributed by atoms with E-state index in [0.717, 1.165) is 12.1 Å². The first-order chi connectivity index (χ1) is 8.99. The molecule has 1 amide bonds. The van der Waals surface area contributed by atoms with Crippen LogP contribution in [0, 0.1) is 12.7 Å². The molecule has 0 fully saturated rings. The van der Waals surface area contributed by atoms with Gasteiger partial charge in [0.05, 0.1) is 16.8 Å². The van der Waals surface area contributed by atoms with Crippen molar-refractivity contribution in [3.63, 3.8) is 0 Å². The molecule has 0 atom stereocenters. The Kier molecular flexibility index (Phi) is 3.57. The maximum absolute atomic E-state index is 13.2. The first kappa shape index (κ1) is 13.2. The Bertz CT molecular complexity index is 654. The molecule has 0 radical (unpaired) electrons. The minimum Gasteiger partial charge on any atom is -0.478 e. The molecule has 2 rings (SSSR count). The topological polar surface area (TPSA) is 79.3 Å². The molecule has 0 bridgehead atoms. The summed E-state index contributed by atoms with van der Waals surface area (Å²) in [5.74, 6) is -2.63. The number of aromatic nitrogens is 1. The van der Waals surface area contributed by atoms with Crippen molar-refractivity contribution in [3.8, 4) is 0 Å². The number of carbonyl (C=O) groups is 2. The van der Waals surface area contributed by atoms with Crippen LogP contribution in [-0.2, 0) is 0 Å². The summed E-state index contributed by atoms with van der Waals surface area (Å²) in [4.78, 5) is 27.0. The third kappa shape index (κ3) is 2.76. The molecule has 1 aromatic carbocycles. The molecule has 19 heavy (non-hydrogen) atoms. The van der Waals surface area contributed by atoms with E-state index in [9.17, 15) is 14.0 Å². The number of aromatic carboxylic acids is 1. The monoisotopic (exact) mass is 280 g/mol. The number of nitrogens with one attached hydrogen (secondary N) is 1. The quantitative estimate of drug-likeness (QED) is 0.905. The fourth-order valence-corrected chi connectivity index (χ4v) is 2.17. The predicted molar refractivity (Wildman–Crippen MR) is 68.2 cm³/mol. The number of rotatable bonds is 3. The first-order valence-electron chi connectivity index (χ1n) is 5.23. The number of nitrogens with zero attached hydrogens (tertiary/aromatic N) is 1. The normalized spacial score (nSPS) is 10.2. The van der Waals surface area contributed by atoms with Crippen LogP contribution >= 0.6 is 11.3 Å². The fourth-order valence-electron chi connectivity index (χ4n) is 1.47. The molecule has 0 saturated carbocycles. The second kappa shape index (κ2) is 5.15. The Balaban J connectivity index is 2.25. The molecule has 5 nitrogen and oxygen atoms in total. The number of benzene rings is 1. The predicted octanol–water partition coefficient (Wildman–Crippen LogP) is 2.54. The Labute approximate surface area is 111 Å². The van der Waals surface area contributed by atoms with Gasteiger partial charge in [0.25, 0.3) is 5.91 Å². The molecule has 0 unspecified atom stereocenters. The number of hydrogen-bond donors (Lipinski definition) is 2. The zero-order chi connectivity index (χ0) is 14.0. The highest BCUT2D eigenvalue weighted by Gasteiger charge is 2.15. The zero-order valence-electron chi connectivity index (χ0n) is 9.81. The number of amides is 1. The summed E-state index contributed by atoms with van der Waals surface area (Å²) in [6.07, 6.45) is 0. The van der Waals surface area contributed by atoms with Crippen molar-refractivity contribution in [2.45, 2.75) is 6.92 Å². The molecule has 2 N–H and O–H groups in total. The lowest BCUT2D eigenvalue weighted by molar-refractivity contribution is 0.0691. The highest BCUT2D eigenvalue weighted by Crippen LogP contribution is 2.18. The molecule has 0 saturated heterocycles. The summed E-state index contributed by atoms with van der Waals surface area (Å²) in [6, 6.07) is 3.38. The summed E-state index contributed by atoms with van der Waals surface area (Å²) in [5, 5.41) is 11.3. The van der Waals surface area contributed by atoms with E-state index in [0.29, 0.717) is 10.6 Å². The Morgan fingerprint density at radius 1 is 1.42 bits per heavy atom. The molecule has 0 spiro atoms. The van der Waals surface area contributed by atoms with Crippen LogP contribution in [0.3, 0.4) is 0 Å². The molecule has 7 heteroatoms. The van der Waals surface area contributed by atoms with Crippen LogP contribution in [-0.4, -0.2) is 22.0 Å². The van der Waals surface area contributed by atoms with Gasteiger partial charge in [-0.05, 0) is 25.1 Å². The highest BCUT2D eigenvalue weighted by molar-refractivity contribution is 7.12. The summed E-state index contributed by atoms with van der Waals surface area (Å²) >= 11 is 1.18. The number of hydrogen-bond acceptors (Lipinski definition) is 4. The number of halogens is 1. The number of carboxylic acids is 1. The zero-order valence-corrected chi connectivity index (χ0v) is 10.6. The molecule has 1 heterocycles. The molecular formula is C12H9FN2O3S. The van der Waals surface area contributed by atoms with Gasteiger partial charge in [0.2, 0.25) is 0 Å². The molecular weight excluding hydrogens is 271 g/mol. The lowest BCUT2D eigenvalue weighted by atomic mass is 10.2. The van der Waals surface area contributed by atoms with Gasteiger partial charge in [-0.1, -0.05) is 0 Å². The van der Waals surface area contributed by atoms with Gasteiger partial charge >= 0.3 is 5.97 Å². The third-order valence-corrected chi connectivity index (χ3v) is 3.33. The molecule has 0 aliphatic rings. The van der Waals surface area contributed by atoms with Crippen molar-refractivity contribution >= 4 is 28.9 Å². The molecule has 2 aromatic rings. The average Bonchev–Trinajstić information content (AvgIpc) is 2.77. The van der Waals surface area contributed by atoms with Crippen molar-refractivity contribution < 1.29 is 19.1 Å².